The lowest BCUT2D eigenvalue weighted by atomic mass is 10.2. The largest absolute Gasteiger partial charge is 0.341 e. The first-order chi connectivity index (χ1) is 9.63. The van der Waals surface area contributed by atoms with Gasteiger partial charge in [-0.15, -0.1) is 0 Å². The minimum absolute atomic E-state index is 0.115. The summed E-state index contributed by atoms with van der Waals surface area (Å²) in [6.07, 6.45) is 1.93. The number of non-ortho nitro benzene ring substituents is 1. The smallest absolute Gasteiger partial charge is 0.270 e. The molecule has 3 aromatic rings. The molecule has 0 atom stereocenters. The van der Waals surface area contributed by atoms with Crippen LogP contribution in [-0.4, -0.2) is 14.5 Å². The van der Waals surface area contributed by atoms with Crippen LogP contribution >= 0.6 is 0 Å². The summed E-state index contributed by atoms with van der Waals surface area (Å²) >= 11 is 0. The minimum atomic E-state index is -0.376. The molecular formula is C15H13N3O2. The molecule has 0 fully saturated rings. The van der Waals surface area contributed by atoms with E-state index in [1.807, 2.05) is 42.0 Å². The number of aryl methyl sites for hydroxylation is 1. The van der Waals surface area contributed by atoms with Gasteiger partial charge in [-0.3, -0.25) is 15.1 Å². The number of nitrogens with zero attached hydrogens (tertiary/aromatic N) is 3. The van der Waals surface area contributed by atoms with Gasteiger partial charge in [0.15, 0.2) is 0 Å². The van der Waals surface area contributed by atoms with Crippen LogP contribution < -0.4 is 0 Å². The molecule has 5 nitrogen and oxygen atoms in total. The molecule has 0 N–H and O–H groups in total. The molecule has 0 saturated carbocycles. The van der Waals surface area contributed by atoms with Gasteiger partial charge in [-0.1, -0.05) is 6.07 Å². The van der Waals surface area contributed by atoms with E-state index in [0.717, 1.165) is 22.3 Å². The van der Waals surface area contributed by atoms with E-state index >= 15 is 0 Å². The van der Waals surface area contributed by atoms with Gasteiger partial charge in [0.1, 0.15) is 0 Å². The number of nitro groups is 1. The molecule has 2 heterocycles. The van der Waals surface area contributed by atoms with E-state index in [-0.39, 0.29) is 10.6 Å². The lowest BCUT2D eigenvalue weighted by Gasteiger charge is -2.05. The molecule has 1 aromatic carbocycles. The highest BCUT2D eigenvalue weighted by atomic mass is 16.6. The lowest BCUT2D eigenvalue weighted by molar-refractivity contribution is -0.384. The zero-order valence-electron chi connectivity index (χ0n) is 11.0. The number of pyridine rings is 1. The van der Waals surface area contributed by atoms with Crippen molar-refractivity contribution in [3.63, 3.8) is 0 Å². The summed E-state index contributed by atoms with van der Waals surface area (Å²) in [5.41, 5.74) is 3.04. The molecule has 0 unspecified atom stereocenters. The molecule has 0 aliphatic heterocycles. The Kier molecular flexibility index (Phi) is 2.95. The monoisotopic (exact) mass is 267 g/mol. The van der Waals surface area contributed by atoms with E-state index in [0.29, 0.717) is 6.54 Å². The highest BCUT2D eigenvalue weighted by Crippen LogP contribution is 2.22. The number of fused-ring (bicyclic) bond motifs is 1. The summed E-state index contributed by atoms with van der Waals surface area (Å²) in [7, 11) is 0. The molecule has 0 bridgehead atoms. The Morgan fingerprint density at radius 1 is 1.25 bits per heavy atom. The van der Waals surface area contributed by atoms with Gasteiger partial charge < -0.3 is 4.57 Å². The minimum Gasteiger partial charge on any atom is -0.341 e. The summed E-state index contributed by atoms with van der Waals surface area (Å²) in [6.45, 7) is 2.61. The quantitative estimate of drug-likeness (QED) is 0.540. The van der Waals surface area contributed by atoms with E-state index in [1.165, 1.54) is 6.07 Å². The zero-order chi connectivity index (χ0) is 14.1. The molecule has 0 saturated heterocycles. The predicted molar refractivity (Wildman–Crippen MR) is 76.7 cm³/mol. The second-order valence-corrected chi connectivity index (χ2v) is 4.71. The number of nitro benzene ring substituents is 1. The van der Waals surface area contributed by atoms with Crippen LogP contribution in [-0.2, 0) is 6.54 Å². The summed E-state index contributed by atoms with van der Waals surface area (Å²) in [5.74, 6) is 0. The normalized spacial score (nSPS) is 10.8. The average Bonchev–Trinajstić information content (AvgIpc) is 2.81. The zero-order valence-corrected chi connectivity index (χ0v) is 11.0. The van der Waals surface area contributed by atoms with Crippen molar-refractivity contribution in [1.29, 1.82) is 0 Å². The number of hydrogen-bond donors (Lipinski definition) is 0. The Bertz CT molecular complexity index is 793. The van der Waals surface area contributed by atoms with Crippen LogP contribution in [0.3, 0.4) is 0 Å². The molecule has 0 aliphatic rings. The van der Waals surface area contributed by atoms with Crippen LogP contribution in [0.4, 0.5) is 5.69 Å². The fourth-order valence-corrected chi connectivity index (χ4v) is 2.30. The van der Waals surface area contributed by atoms with Gasteiger partial charge in [-0.2, -0.15) is 0 Å². The van der Waals surface area contributed by atoms with Crippen molar-refractivity contribution in [2.75, 3.05) is 0 Å². The molecule has 0 radical (unpaired) electrons. The van der Waals surface area contributed by atoms with E-state index in [2.05, 4.69) is 4.98 Å². The third-order valence-electron chi connectivity index (χ3n) is 3.24. The van der Waals surface area contributed by atoms with Gasteiger partial charge in [-0.05, 0) is 31.2 Å². The summed E-state index contributed by atoms with van der Waals surface area (Å²) in [4.78, 5) is 14.9. The van der Waals surface area contributed by atoms with Crippen molar-refractivity contribution in [2.45, 2.75) is 13.5 Å². The Hall–Kier alpha value is -2.69. The Balaban J connectivity index is 1.98. The first-order valence-electron chi connectivity index (χ1n) is 6.29. The van der Waals surface area contributed by atoms with E-state index in [1.54, 1.807) is 12.1 Å². The second-order valence-electron chi connectivity index (χ2n) is 4.71. The van der Waals surface area contributed by atoms with Crippen LogP contribution in [0.1, 0.15) is 11.4 Å². The molecular weight excluding hydrogens is 254 g/mol. The van der Waals surface area contributed by atoms with Crippen LogP contribution in [0, 0.1) is 17.0 Å². The molecule has 0 aliphatic carbocycles. The molecule has 0 spiro atoms. The van der Waals surface area contributed by atoms with E-state index in [4.69, 9.17) is 0 Å². The SMILES string of the molecule is Cc1cccc(Cn2ccc3cc([N+](=O)[O-])ccc32)n1. The maximum absolute atomic E-state index is 10.8. The highest BCUT2D eigenvalue weighted by molar-refractivity contribution is 5.82. The number of rotatable bonds is 3. The highest BCUT2D eigenvalue weighted by Gasteiger charge is 2.09. The molecule has 0 amide bonds. The molecule has 100 valence electrons. The van der Waals surface area contributed by atoms with Crippen LogP contribution in [0.5, 0.6) is 0 Å². The van der Waals surface area contributed by atoms with Crippen molar-refractivity contribution in [1.82, 2.24) is 9.55 Å². The van der Waals surface area contributed by atoms with Crippen molar-refractivity contribution < 1.29 is 4.92 Å². The maximum atomic E-state index is 10.8. The topological polar surface area (TPSA) is 61.0 Å². The van der Waals surface area contributed by atoms with Crippen molar-refractivity contribution in [3.05, 3.63) is 70.2 Å². The molecule has 2 aromatic heterocycles. The van der Waals surface area contributed by atoms with Gasteiger partial charge in [0, 0.05) is 34.9 Å². The van der Waals surface area contributed by atoms with Gasteiger partial charge in [0.05, 0.1) is 17.2 Å². The van der Waals surface area contributed by atoms with E-state index < -0.39 is 0 Å². The van der Waals surface area contributed by atoms with Gasteiger partial charge in [-0.25, -0.2) is 0 Å². The number of hydrogen-bond acceptors (Lipinski definition) is 3. The third-order valence-corrected chi connectivity index (χ3v) is 3.24. The van der Waals surface area contributed by atoms with Crippen molar-refractivity contribution in [3.8, 4) is 0 Å². The summed E-state index contributed by atoms with van der Waals surface area (Å²) in [5, 5.41) is 11.6. The first-order valence-corrected chi connectivity index (χ1v) is 6.29. The van der Waals surface area contributed by atoms with Gasteiger partial charge in [0.25, 0.3) is 5.69 Å². The predicted octanol–water partition coefficient (Wildman–Crippen LogP) is 3.30. The van der Waals surface area contributed by atoms with Crippen LogP contribution in [0.25, 0.3) is 10.9 Å². The van der Waals surface area contributed by atoms with Gasteiger partial charge in [0.2, 0.25) is 0 Å². The Morgan fingerprint density at radius 2 is 2.10 bits per heavy atom. The summed E-state index contributed by atoms with van der Waals surface area (Å²) in [6, 6.07) is 12.7. The molecule has 5 heteroatoms. The van der Waals surface area contributed by atoms with E-state index in [9.17, 15) is 10.1 Å². The fourth-order valence-electron chi connectivity index (χ4n) is 2.30. The summed E-state index contributed by atoms with van der Waals surface area (Å²) < 4.78 is 2.04. The second kappa shape index (κ2) is 4.77. The number of benzene rings is 1. The third kappa shape index (κ3) is 2.25. The lowest BCUT2D eigenvalue weighted by Crippen LogP contribution is -2.01. The Morgan fingerprint density at radius 3 is 2.85 bits per heavy atom. The number of aromatic nitrogens is 2. The van der Waals surface area contributed by atoms with Crippen molar-refractivity contribution in [2.24, 2.45) is 0 Å². The van der Waals surface area contributed by atoms with Crippen molar-refractivity contribution >= 4 is 16.6 Å². The average molecular weight is 267 g/mol. The van der Waals surface area contributed by atoms with Crippen LogP contribution in [0.2, 0.25) is 0 Å². The van der Waals surface area contributed by atoms with Crippen LogP contribution in [0.15, 0.2) is 48.7 Å². The standard InChI is InChI=1S/C15H13N3O2/c1-11-3-2-4-13(16-11)10-17-8-7-12-9-14(18(19)20)5-6-15(12)17/h2-9H,10H2,1H3. The first kappa shape index (κ1) is 12.3. The fraction of sp³-hybridized carbons (Fsp3) is 0.133. The van der Waals surface area contributed by atoms with Gasteiger partial charge >= 0.3 is 0 Å². The molecule has 3 rings (SSSR count). The molecule has 20 heavy (non-hydrogen) atoms. The Labute approximate surface area is 115 Å². The maximum Gasteiger partial charge on any atom is 0.270 e.